The maximum absolute atomic E-state index is 13.3. The molecule has 0 saturated carbocycles. The number of amides is 2. The number of phenolic OH excluding ortho intramolecular Hbond substituents is 1. The number of nitrogen functional groups attached to an aromatic ring is 1. The van der Waals surface area contributed by atoms with Gasteiger partial charge in [-0.3, -0.25) is 9.59 Å². The molecule has 0 spiro atoms. The van der Waals surface area contributed by atoms with Gasteiger partial charge >= 0.3 is 0 Å². The fourth-order valence-electron chi connectivity index (χ4n) is 4.46. The Morgan fingerprint density at radius 1 is 1.14 bits per heavy atom. The highest BCUT2D eigenvalue weighted by Crippen LogP contribution is 2.40. The number of hydrogen-bond acceptors (Lipinski definition) is 5. The van der Waals surface area contributed by atoms with Crippen LogP contribution in [0.3, 0.4) is 0 Å². The van der Waals surface area contributed by atoms with E-state index in [1.807, 2.05) is 6.92 Å². The number of anilines is 2. The SMILES string of the molecule is CCN(CC)CCNC(=O)c1c(C)[nH]c(/C=C2\C(=O)Nc3ccc(N)cc32)c1-c1ccccc1O. The lowest BCUT2D eigenvalue weighted by atomic mass is 9.96. The fraction of sp³-hybridized carbons (Fsp3) is 0.259. The molecule has 35 heavy (non-hydrogen) atoms. The van der Waals surface area contributed by atoms with Crippen LogP contribution in [-0.2, 0) is 4.79 Å². The van der Waals surface area contributed by atoms with Crippen LogP contribution >= 0.6 is 0 Å². The number of nitrogens with two attached hydrogens (primary N) is 1. The Balaban J connectivity index is 1.79. The zero-order valence-electron chi connectivity index (χ0n) is 20.2. The molecule has 8 nitrogen and oxygen atoms in total. The third-order valence-corrected chi connectivity index (χ3v) is 6.34. The number of phenols is 1. The van der Waals surface area contributed by atoms with E-state index in [2.05, 4.69) is 34.4 Å². The minimum Gasteiger partial charge on any atom is -0.507 e. The summed E-state index contributed by atoms with van der Waals surface area (Å²) in [5.41, 5.74) is 11.0. The zero-order valence-corrected chi connectivity index (χ0v) is 20.2. The van der Waals surface area contributed by atoms with Crippen LogP contribution in [0.25, 0.3) is 22.8 Å². The van der Waals surface area contributed by atoms with E-state index >= 15 is 0 Å². The largest absolute Gasteiger partial charge is 0.507 e. The highest BCUT2D eigenvalue weighted by Gasteiger charge is 2.28. The number of H-pyrrole nitrogens is 1. The van der Waals surface area contributed by atoms with Gasteiger partial charge in [0.25, 0.3) is 11.8 Å². The maximum Gasteiger partial charge on any atom is 0.256 e. The molecule has 2 heterocycles. The number of para-hydroxylation sites is 1. The first-order valence-electron chi connectivity index (χ1n) is 11.8. The standard InChI is InChI=1S/C27H31N5O3/c1-4-32(5-2)13-12-29-27(35)24-16(3)30-22(25(24)18-8-6-7-9-23(18)33)15-20-19-14-17(28)10-11-21(19)31-26(20)34/h6-11,14-15,30,33H,4-5,12-13,28H2,1-3H3,(H,29,35)(H,31,34)/b20-15-. The lowest BCUT2D eigenvalue weighted by molar-refractivity contribution is -0.110. The molecule has 0 bridgehead atoms. The predicted octanol–water partition coefficient (Wildman–Crippen LogP) is 3.84. The van der Waals surface area contributed by atoms with Gasteiger partial charge in [-0.15, -0.1) is 0 Å². The summed E-state index contributed by atoms with van der Waals surface area (Å²) in [7, 11) is 0. The van der Waals surface area contributed by atoms with Gasteiger partial charge in [0.05, 0.1) is 11.1 Å². The number of nitrogens with zero attached hydrogens (tertiary/aromatic N) is 1. The summed E-state index contributed by atoms with van der Waals surface area (Å²) in [4.78, 5) is 31.6. The Hall–Kier alpha value is -4.04. The molecule has 3 aromatic rings. The number of aromatic hydroxyl groups is 1. The Morgan fingerprint density at radius 2 is 1.89 bits per heavy atom. The quantitative estimate of drug-likeness (QED) is 0.251. The lowest BCUT2D eigenvalue weighted by Gasteiger charge is -2.18. The first-order chi connectivity index (χ1) is 16.8. The van der Waals surface area contributed by atoms with Crippen molar-refractivity contribution in [3.05, 3.63) is 65.0 Å². The van der Waals surface area contributed by atoms with E-state index in [1.54, 1.807) is 48.5 Å². The fourth-order valence-corrected chi connectivity index (χ4v) is 4.46. The van der Waals surface area contributed by atoms with Crippen LogP contribution < -0.4 is 16.4 Å². The van der Waals surface area contributed by atoms with Crippen LogP contribution in [0.5, 0.6) is 5.75 Å². The van der Waals surface area contributed by atoms with E-state index < -0.39 is 0 Å². The zero-order chi connectivity index (χ0) is 25.1. The minimum absolute atomic E-state index is 0.0452. The van der Waals surface area contributed by atoms with Crippen LogP contribution in [0.4, 0.5) is 11.4 Å². The topological polar surface area (TPSA) is 123 Å². The van der Waals surface area contributed by atoms with Crippen LogP contribution in [0.2, 0.25) is 0 Å². The molecule has 6 N–H and O–H groups in total. The van der Waals surface area contributed by atoms with Crippen molar-refractivity contribution in [1.29, 1.82) is 0 Å². The molecule has 182 valence electrons. The van der Waals surface area contributed by atoms with E-state index in [-0.39, 0.29) is 17.6 Å². The van der Waals surface area contributed by atoms with E-state index in [0.717, 1.165) is 19.6 Å². The number of aromatic nitrogens is 1. The van der Waals surface area contributed by atoms with Gasteiger partial charge in [-0.1, -0.05) is 32.0 Å². The van der Waals surface area contributed by atoms with E-state index in [1.165, 1.54) is 0 Å². The van der Waals surface area contributed by atoms with Crippen molar-refractivity contribution < 1.29 is 14.7 Å². The average Bonchev–Trinajstić information content (AvgIpc) is 3.32. The van der Waals surface area contributed by atoms with Crippen molar-refractivity contribution in [3.63, 3.8) is 0 Å². The molecule has 0 unspecified atom stereocenters. The third-order valence-electron chi connectivity index (χ3n) is 6.34. The van der Waals surface area contributed by atoms with Gasteiger partial charge in [-0.2, -0.15) is 0 Å². The number of fused-ring (bicyclic) bond motifs is 1. The van der Waals surface area contributed by atoms with Gasteiger partial charge in [-0.25, -0.2) is 0 Å². The van der Waals surface area contributed by atoms with Crippen molar-refractivity contribution >= 4 is 34.8 Å². The second kappa shape index (κ2) is 10.1. The van der Waals surface area contributed by atoms with Gasteiger partial charge in [0.15, 0.2) is 0 Å². The summed E-state index contributed by atoms with van der Waals surface area (Å²) in [6.45, 7) is 9.03. The molecule has 0 fully saturated rings. The van der Waals surface area contributed by atoms with Crippen molar-refractivity contribution in [2.75, 3.05) is 37.2 Å². The third kappa shape index (κ3) is 4.79. The Morgan fingerprint density at radius 3 is 2.60 bits per heavy atom. The van der Waals surface area contributed by atoms with Crippen LogP contribution in [0.15, 0.2) is 42.5 Å². The molecule has 8 heteroatoms. The van der Waals surface area contributed by atoms with Gasteiger partial charge in [0.1, 0.15) is 5.75 Å². The van der Waals surface area contributed by atoms with Crippen LogP contribution in [0.1, 0.15) is 41.2 Å². The monoisotopic (exact) mass is 473 g/mol. The number of benzene rings is 2. The number of likely N-dealkylation sites (N-methyl/N-ethyl adjacent to an activating group) is 1. The normalized spacial score (nSPS) is 13.8. The number of rotatable bonds is 8. The smallest absolute Gasteiger partial charge is 0.256 e. The average molecular weight is 474 g/mol. The highest BCUT2D eigenvalue weighted by atomic mass is 16.3. The summed E-state index contributed by atoms with van der Waals surface area (Å²) in [5, 5.41) is 16.5. The molecule has 0 saturated heterocycles. The summed E-state index contributed by atoms with van der Waals surface area (Å²) < 4.78 is 0. The summed E-state index contributed by atoms with van der Waals surface area (Å²) >= 11 is 0. The van der Waals surface area contributed by atoms with Crippen molar-refractivity contribution in [1.82, 2.24) is 15.2 Å². The van der Waals surface area contributed by atoms with Crippen molar-refractivity contribution in [3.8, 4) is 16.9 Å². The summed E-state index contributed by atoms with van der Waals surface area (Å²) in [6, 6.07) is 12.1. The van der Waals surface area contributed by atoms with Gasteiger partial charge < -0.3 is 31.4 Å². The Bertz CT molecular complexity index is 1300. The first kappa shape index (κ1) is 24.1. The molecule has 0 atom stereocenters. The molecule has 4 rings (SSSR count). The van der Waals surface area contributed by atoms with E-state index in [4.69, 9.17) is 5.73 Å². The molecule has 2 amide bonds. The van der Waals surface area contributed by atoms with Gasteiger partial charge in [0.2, 0.25) is 0 Å². The molecule has 1 aliphatic heterocycles. The van der Waals surface area contributed by atoms with Crippen molar-refractivity contribution in [2.45, 2.75) is 20.8 Å². The maximum atomic E-state index is 13.3. The molecule has 2 aromatic carbocycles. The first-order valence-corrected chi connectivity index (χ1v) is 11.8. The number of aromatic amines is 1. The number of aryl methyl sites for hydroxylation is 1. The van der Waals surface area contributed by atoms with Crippen LogP contribution in [-0.4, -0.2) is 53.0 Å². The van der Waals surface area contributed by atoms with Crippen LogP contribution in [0, 0.1) is 6.92 Å². The number of carbonyl (C=O) groups is 2. The Kier molecular flexibility index (Phi) is 6.93. The molecule has 0 aliphatic carbocycles. The van der Waals surface area contributed by atoms with E-state index in [0.29, 0.717) is 57.1 Å². The second-order valence-corrected chi connectivity index (χ2v) is 8.53. The second-order valence-electron chi connectivity index (χ2n) is 8.53. The predicted molar refractivity (Wildman–Crippen MR) is 140 cm³/mol. The minimum atomic E-state index is -0.258. The molecule has 0 radical (unpaired) electrons. The number of carbonyl (C=O) groups excluding carboxylic acids is 2. The number of nitrogens with one attached hydrogen (secondary N) is 3. The Labute approximate surface area is 204 Å². The molecule has 1 aliphatic rings. The van der Waals surface area contributed by atoms with E-state index in [9.17, 15) is 14.7 Å². The van der Waals surface area contributed by atoms with Crippen molar-refractivity contribution in [2.24, 2.45) is 0 Å². The molecular formula is C27H31N5O3. The van der Waals surface area contributed by atoms with Gasteiger partial charge in [0, 0.05) is 52.5 Å². The molecule has 1 aromatic heterocycles. The highest BCUT2D eigenvalue weighted by molar-refractivity contribution is 6.35. The lowest BCUT2D eigenvalue weighted by Crippen LogP contribution is -2.35. The van der Waals surface area contributed by atoms with Gasteiger partial charge in [-0.05, 0) is 50.4 Å². The molecular weight excluding hydrogens is 442 g/mol. The summed E-state index contributed by atoms with van der Waals surface area (Å²) in [5.74, 6) is -0.454. The summed E-state index contributed by atoms with van der Waals surface area (Å²) in [6.07, 6.45) is 1.71. The number of hydrogen-bond donors (Lipinski definition) is 5.